The SMILES string of the molecule is CC1CN(c2ncccc2C(=O)NS(=O)(=O)c2cccc(N(C)CCc3cccnc3)n2)C(C)(C)C1.CC1CN(c2ncccc2C(=O)NS(=O)(=O)c2cccc(NCC3=CC=CC3)n2)C(C)(C)C1.CC1CN(c2ncccc2C(=O)NS(=O)(=O)c2cccc(Oc3ccc4c(c3)C=CC4)n2)C(C)(C)C1.COc1c(F)cc(F)cc1-c1ccc(C(=O)NS(=O)(=O)c2cccnc2N)c(N2C[C@@H](C)CC2(C)C)n1. The molecule has 3 unspecified atom stereocenters. The molecule has 0 saturated carbocycles. The van der Waals surface area contributed by atoms with Crippen LogP contribution in [-0.4, -0.2) is 178 Å². The molecule has 0 radical (unpaired) electrons. The molecule has 4 fully saturated rings. The van der Waals surface area contributed by atoms with E-state index in [1.165, 1.54) is 73.0 Å². The lowest BCUT2D eigenvalue weighted by Crippen LogP contribution is -2.41. The van der Waals surface area contributed by atoms with Gasteiger partial charge in [0.1, 0.15) is 57.2 Å². The molecule has 6 aliphatic rings. The van der Waals surface area contributed by atoms with Gasteiger partial charge in [-0.1, -0.05) is 88.4 Å². The Kier molecular flexibility index (Phi) is 31.1. The van der Waals surface area contributed by atoms with Gasteiger partial charge in [-0.3, -0.25) is 24.2 Å². The van der Waals surface area contributed by atoms with Crippen LogP contribution in [0, 0.1) is 35.3 Å². The zero-order valence-corrected chi connectivity index (χ0v) is 84.6. The number of carbonyl (C=O) groups excluding carboxylic acids is 4. The lowest BCUT2D eigenvalue weighted by atomic mass is 9.97. The summed E-state index contributed by atoms with van der Waals surface area (Å²) < 4.78 is 152. The van der Waals surface area contributed by atoms with Crippen LogP contribution in [0.5, 0.6) is 17.4 Å². The summed E-state index contributed by atoms with van der Waals surface area (Å²) in [4.78, 5) is 101. The Bertz CT molecular complexity index is 7180. The molecule has 7 N–H and O–H groups in total. The number of nitrogens with one attached hydrogen (secondary N) is 5. The number of carbonyl (C=O) groups is 4. The van der Waals surface area contributed by atoms with Gasteiger partial charge in [0, 0.05) is 123 Å². The molecular formula is C102H116F2N20O14S4. The van der Waals surface area contributed by atoms with E-state index in [1.807, 2.05) is 90.9 Å². The van der Waals surface area contributed by atoms with Crippen molar-refractivity contribution < 1.29 is 71.1 Å². The second-order valence-electron chi connectivity index (χ2n) is 38.6. The van der Waals surface area contributed by atoms with Gasteiger partial charge in [0.15, 0.2) is 26.6 Å². The Morgan fingerprint density at radius 1 is 0.500 bits per heavy atom. The van der Waals surface area contributed by atoms with Crippen molar-refractivity contribution in [3.8, 4) is 28.6 Å². The van der Waals surface area contributed by atoms with E-state index in [0.717, 1.165) is 81.8 Å². The van der Waals surface area contributed by atoms with Gasteiger partial charge in [0.2, 0.25) is 5.88 Å². The van der Waals surface area contributed by atoms with Crippen LogP contribution in [0.1, 0.15) is 173 Å². The first-order chi connectivity index (χ1) is 67.2. The molecular weight excluding hydrogens is 1900 g/mol. The van der Waals surface area contributed by atoms with Crippen LogP contribution in [0.25, 0.3) is 17.3 Å². The van der Waals surface area contributed by atoms with Gasteiger partial charge in [-0.25, -0.2) is 71.0 Å². The number of anilines is 7. The third-order valence-corrected chi connectivity index (χ3v) is 30.2. The topological polar surface area (TPSA) is 442 Å². The van der Waals surface area contributed by atoms with E-state index in [2.05, 4.69) is 154 Å². The lowest BCUT2D eigenvalue weighted by molar-refractivity contribution is 0.0972. The number of nitrogen functional groups attached to an aromatic ring is 1. The number of amides is 4. The normalized spacial score (nSPS) is 17.9. The number of hydrogen-bond donors (Lipinski definition) is 6. The largest absolute Gasteiger partial charge is 0.493 e. The maximum Gasteiger partial charge on any atom is 0.281 e. The molecule has 0 spiro atoms. The third kappa shape index (κ3) is 24.5. The monoisotopic (exact) mass is 2010 g/mol. The summed E-state index contributed by atoms with van der Waals surface area (Å²) in [6.45, 7) is 29.0. The second kappa shape index (κ2) is 42.7. The number of halogens is 2. The van der Waals surface area contributed by atoms with Crippen LogP contribution in [0.3, 0.4) is 0 Å². The highest BCUT2D eigenvalue weighted by Gasteiger charge is 2.45. The molecule has 34 nitrogen and oxygen atoms in total. The molecule has 9 aromatic heterocycles. The lowest BCUT2D eigenvalue weighted by Gasteiger charge is -2.34. The number of sulfonamides is 4. The summed E-state index contributed by atoms with van der Waals surface area (Å²) in [7, 11) is -13.9. The van der Waals surface area contributed by atoms with Crippen molar-refractivity contribution >= 4 is 111 Å². The Morgan fingerprint density at radius 2 is 0.979 bits per heavy atom. The Labute approximate surface area is 826 Å². The number of ether oxygens (including phenoxy) is 2. The van der Waals surface area contributed by atoms with Crippen molar-refractivity contribution in [3.05, 3.63) is 275 Å². The molecule has 4 saturated heterocycles. The summed E-state index contributed by atoms with van der Waals surface area (Å²) in [5.74, 6) is -0.615. The van der Waals surface area contributed by atoms with E-state index >= 15 is 0 Å². The van der Waals surface area contributed by atoms with Crippen LogP contribution < -0.4 is 63.9 Å². The highest BCUT2D eigenvalue weighted by Crippen LogP contribution is 2.44. The van der Waals surface area contributed by atoms with Crippen LogP contribution >= 0.6 is 0 Å². The van der Waals surface area contributed by atoms with Crippen LogP contribution in [-0.2, 0) is 52.9 Å². The van der Waals surface area contributed by atoms with E-state index in [9.17, 15) is 61.6 Å². The zero-order valence-electron chi connectivity index (χ0n) is 81.3. The molecule has 11 aromatic rings. The minimum atomic E-state index is -4.35. The summed E-state index contributed by atoms with van der Waals surface area (Å²) in [5.41, 5.74) is 9.99. The molecule has 4 atom stereocenters. The first kappa shape index (κ1) is 104. The number of rotatable bonds is 27. The predicted molar refractivity (Wildman–Crippen MR) is 540 cm³/mol. The van der Waals surface area contributed by atoms with Gasteiger partial charge >= 0.3 is 0 Å². The summed E-state index contributed by atoms with van der Waals surface area (Å²) in [5, 5.41) is 2.38. The number of aromatic nitrogens is 9. The van der Waals surface area contributed by atoms with Crippen molar-refractivity contribution in [1.82, 2.24) is 63.7 Å². The second-order valence-corrected chi connectivity index (χ2v) is 45.2. The van der Waals surface area contributed by atoms with Crippen molar-refractivity contribution in [2.75, 3.05) is 89.0 Å². The molecule has 4 aliphatic heterocycles. The number of hydrogen-bond acceptors (Lipinski definition) is 30. The standard InChI is InChI=1S/C27H28N4O4S.C26H32N6O3S.C25H27F2N5O4S.C24H29N5O3S/c1-18-16-27(2,3)31(17-18)25-22(9-6-14-28-25)26(32)30-36(33,34)24-11-5-10-23(29-24)35-21-13-12-19-7-4-8-20(19)15-21;1-19-16-26(2,3)32(18-19)24-21(9-7-14-28-24)25(33)30-36(34,35)23-11-5-10-22(29-23)31(4)15-12-20-8-6-13-27-17-20;1-14-12-25(2,3)32(13-14)23-16(24(33)31-37(34,35)20-6-5-9-29-22(20)28)7-8-19(30-23)17-10-15(26)11-18(27)21(17)36-4;1-17-14-24(2,3)29(16-17)22-19(10-7-13-25-22)23(30)28-33(31,32)21-12-6-11-20(27-21)26-15-18-8-4-5-9-18/h4-6,8-15,18H,7,16-17H2,1-3H3,(H,30,32);5-11,13-14,17,19H,12,15-16,18H2,1-4H3,(H,30,33);5-11,14H,12-13H2,1-4H3,(H2,28,29)(H,31,33);4-8,10-13,17H,9,14-16H2,1-3H3,(H,26,27)(H,28,30)/t;;14-;/m..0./s1. The van der Waals surface area contributed by atoms with Gasteiger partial charge in [0.25, 0.3) is 63.7 Å². The minimum Gasteiger partial charge on any atom is -0.493 e. The molecule has 142 heavy (non-hydrogen) atoms. The van der Waals surface area contributed by atoms with E-state index in [1.54, 1.807) is 97.7 Å². The number of nitrogens with zero attached hydrogens (tertiary/aromatic N) is 14. The van der Waals surface area contributed by atoms with Crippen LogP contribution in [0.2, 0.25) is 0 Å². The highest BCUT2D eigenvalue weighted by atomic mass is 32.2. The molecule has 0 bridgehead atoms. The molecule has 13 heterocycles. The average Bonchev–Trinajstić information content (AvgIpc) is 1.55. The molecule has 2 aliphatic carbocycles. The Hall–Kier alpha value is -14.3. The van der Waals surface area contributed by atoms with Gasteiger partial charge in [0.05, 0.1) is 35.1 Å². The van der Waals surface area contributed by atoms with Crippen LogP contribution in [0.15, 0.2) is 245 Å². The molecule has 40 heteroatoms. The quantitative estimate of drug-likeness (QED) is 0.0278. The maximum absolute atomic E-state index is 14.4. The number of methoxy groups -OCH3 is 1. The number of nitrogens with two attached hydrogens (primary N) is 1. The number of benzene rings is 2. The summed E-state index contributed by atoms with van der Waals surface area (Å²) >= 11 is 0. The highest BCUT2D eigenvalue weighted by molar-refractivity contribution is 7.91. The van der Waals surface area contributed by atoms with Gasteiger partial charge in [-0.05, 0) is 262 Å². The molecule has 2 aromatic carbocycles. The number of allylic oxidation sites excluding steroid dienone is 4. The van der Waals surface area contributed by atoms with Crippen LogP contribution in [0.4, 0.5) is 49.5 Å². The maximum atomic E-state index is 14.4. The Balaban J connectivity index is 0.000000151. The first-order valence-electron chi connectivity index (χ1n) is 46.2. The average molecular weight is 2010 g/mol. The zero-order chi connectivity index (χ0) is 102. The fraction of sp³-hybridized carbons (Fsp3) is 0.343. The van der Waals surface area contributed by atoms with Crippen molar-refractivity contribution in [2.24, 2.45) is 23.7 Å². The van der Waals surface area contributed by atoms with E-state index in [-0.39, 0.29) is 99.3 Å². The van der Waals surface area contributed by atoms with Gasteiger partial charge in [-0.15, -0.1) is 0 Å². The third-order valence-electron chi connectivity index (χ3n) is 25.1. The number of fused-ring (bicyclic) bond motifs is 1. The van der Waals surface area contributed by atoms with Crippen molar-refractivity contribution in [2.45, 2.75) is 170 Å². The van der Waals surface area contributed by atoms with E-state index in [0.29, 0.717) is 78.3 Å². The van der Waals surface area contributed by atoms with Crippen molar-refractivity contribution in [3.63, 3.8) is 0 Å². The minimum absolute atomic E-state index is 0.0344. The Morgan fingerprint density at radius 3 is 1.47 bits per heavy atom. The smallest absolute Gasteiger partial charge is 0.281 e. The first-order valence-corrected chi connectivity index (χ1v) is 52.2. The van der Waals surface area contributed by atoms with E-state index < -0.39 is 80.9 Å². The molecule has 4 amide bonds. The fourth-order valence-corrected chi connectivity index (χ4v) is 22.8. The fourth-order valence-electron chi connectivity index (χ4n) is 18.9. The molecule has 17 rings (SSSR count). The van der Waals surface area contributed by atoms with Gasteiger partial charge < -0.3 is 45.0 Å². The number of pyridine rings is 9. The molecule has 746 valence electrons. The number of likely N-dealkylation sites (N-methyl/N-ethyl adjacent to an activating group) is 1. The van der Waals surface area contributed by atoms with E-state index in [4.69, 9.17) is 15.2 Å². The summed E-state index contributed by atoms with van der Waals surface area (Å²) in [6.07, 6.45) is 25.9. The predicted octanol–water partition coefficient (Wildman–Crippen LogP) is 15.2. The van der Waals surface area contributed by atoms with Gasteiger partial charge in [-0.2, -0.15) is 30.2 Å². The summed E-state index contributed by atoms with van der Waals surface area (Å²) in [6, 6.07) is 40.2. The van der Waals surface area contributed by atoms with Crippen molar-refractivity contribution in [1.29, 1.82) is 0 Å².